The fraction of sp³-hybridized carbons (Fsp3) is 0.368. The van der Waals surface area contributed by atoms with Gasteiger partial charge >= 0.3 is 0 Å². The monoisotopic (exact) mass is 297 g/mol. The second-order valence-electron chi connectivity index (χ2n) is 5.58. The van der Waals surface area contributed by atoms with Crippen LogP contribution in [-0.2, 0) is 0 Å². The van der Waals surface area contributed by atoms with E-state index in [-0.39, 0.29) is 0 Å². The van der Waals surface area contributed by atoms with Crippen LogP contribution >= 0.6 is 0 Å². The Morgan fingerprint density at radius 1 is 1.09 bits per heavy atom. The van der Waals surface area contributed by atoms with E-state index < -0.39 is 0 Å². The minimum atomic E-state index is 0.947. The molecular weight excluding hydrogens is 270 g/mol. The van der Waals surface area contributed by atoms with Gasteiger partial charge in [-0.1, -0.05) is 56.3 Å². The van der Waals surface area contributed by atoms with Crippen molar-refractivity contribution in [3.8, 4) is 0 Å². The molecule has 118 valence electrons. The van der Waals surface area contributed by atoms with Crippen molar-refractivity contribution in [2.24, 2.45) is 0 Å². The van der Waals surface area contributed by atoms with Crippen molar-refractivity contribution in [1.82, 2.24) is 15.3 Å². The topological polar surface area (TPSA) is 18.5 Å². The van der Waals surface area contributed by atoms with Crippen LogP contribution in [0.5, 0.6) is 0 Å². The van der Waals surface area contributed by atoms with Crippen LogP contribution in [0.2, 0.25) is 0 Å². The van der Waals surface area contributed by atoms with E-state index in [4.69, 9.17) is 0 Å². The standard InChI is InChI=1S/C19H27N3/c1-5-22(6-2)20-18-15-11-10-14-17(18)19(21(3)4)16-12-8-7-9-13-16/h7-13,15,20H,5-6,14H2,1-4H3. The van der Waals surface area contributed by atoms with E-state index in [9.17, 15) is 0 Å². The van der Waals surface area contributed by atoms with Gasteiger partial charge in [0.05, 0.1) is 5.70 Å². The predicted octanol–water partition coefficient (Wildman–Crippen LogP) is 3.65. The summed E-state index contributed by atoms with van der Waals surface area (Å²) < 4.78 is 0. The molecule has 3 nitrogen and oxygen atoms in total. The van der Waals surface area contributed by atoms with E-state index in [1.807, 2.05) is 0 Å². The van der Waals surface area contributed by atoms with E-state index in [0.29, 0.717) is 0 Å². The number of hydrogen-bond donors (Lipinski definition) is 1. The van der Waals surface area contributed by atoms with Crippen LogP contribution in [0.3, 0.4) is 0 Å². The average Bonchev–Trinajstić information content (AvgIpc) is 2.55. The number of allylic oxidation sites excluding steroid dienone is 4. The zero-order valence-electron chi connectivity index (χ0n) is 14.1. The average molecular weight is 297 g/mol. The molecule has 0 bridgehead atoms. The van der Waals surface area contributed by atoms with Crippen LogP contribution in [0.15, 0.2) is 59.8 Å². The molecule has 1 N–H and O–H groups in total. The Morgan fingerprint density at radius 2 is 1.77 bits per heavy atom. The molecule has 0 aliphatic heterocycles. The van der Waals surface area contributed by atoms with Gasteiger partial charge in [0.2, 0.25) is 0 Å². The molecule has 0 radical (unpaired) electrons. The number of benzene rings is 1. The van der Waals surface area contributed by atoms with Crippen LogP contribution in [-0.4, -0.2) is 37.1 Å². The number of nitrogens with zero attached hydrogens (tertiary/aromatic N) is 2. The van der Waals surface area contributed by atoms with Gasteiger partial charge in [0.1, 0.15) is 0 Å². The summed E-state index contributed by atoms with van der Waals surface area (Å²) in [6.45, 7) is 6.30. The number of nitrogens with one attached hydrogen (secondary N) is 1. The first-order valence-corrected chi connectivity index (χ1v) is 8.02. The molecule has 0 saturated carbocycles. The highest BCUT2D eigenvalue weighted by atomic mass is 15.5. The number of rotatable bonds is 6. The van der Waals surface area contributed by atoms with Crippen LogP contribution in [0.4, 0.5) is 0 Å². The third-order valence-corrected chi connectivity index (χ3v) is 3.87. The minimum Gasteiger partial charge on any atom is -0.377 e. The lowest BCUT2D eigenvalue weighted by molar-refractivity contribution is 0.238. The van der Waals surface area contributed by atoms with E-state index >= 15 is 0 Å². The molecule has 3 heteroatoms. The van der Waals surface area contributed by atoms with Gasteiger partial charge < -0.3 is 10.3 Å². The molecule has 1 aliphatic rings. The van der Waals surface area contributed by atoms with Gasteiger partial charge in [-0.2, -0.15) is 0 Å². The second kappa shape index (κ2) is 7.85. The number of hydrazine groups is 1. The minimum absolute atomic E-state index is 0.947. The normalized spacial score (nSPS) is 16.5. The largest absolute Gasteiger partial charge is 0.377 e. The van der Waals surface area contributed by atoms with Crippen LogP contribution in [0, 0.1) is 0 Å². The zero-order valence-corrected chi connectivity index (χ0v) is 14.1. The van der Waals surface area contributed by atoms with E-state index in [0.717, 1.165) is 19.5 Å². The Morgan fingerprint density at radius 3 is 2.36 bits per heavy atom. The van der Waals surface area contributed by atoms with Gasteiger partial charge in [0.25, 0.3) is 0 Å². The fourth-order valence-corrected chi connectivity index (χ4v) is 2.74. The highest BCUT2D eigenvalue weighted by molar-refractivity contribution is 5.71. The maximum atomic E-state index is 3.57. The van der Waals surface area contributed by atoms with E-state index in [1.165, 1.54) is 22.5 Å². The van der Waals surface area contributed by atoms with Crippen molar-refractivity contribution in [1.29, 1.82) is 0 Å². The lowest BCUT2D eigenvalue weighted by atomic mass is 9.97. The summed E-state index contributed by atoms with van der Waals surface area (Å²) in [6.07, 6.45) is 7.47. The van der Waals surface area contributed by atoms with Crippen LogP contribution in [0.25, 0.3) is 5.70 Å². The Hall–Kier alpha value is -2.00. The van der Waals surface area contributed by atoms with Gasteiger partial charge in [0, 0.05) is 38.5 Å². The Kier molecular flexibility index (Phi) is 5.84. The summed E-state index contributed by atoms with van der Waals surface area (Å²) in [5.74, 6) is 0. The molecule has 1 aromatic carbocycles. The summed E-state index contributed by atoms with van der Waals surface area (Å²) >= 11 is 0. The number of hydrogen-bond acceptors (Lipinski definition) is 3. The zero-order chi connectivity index (χ0) is 15.9. The van der Waals surface area contributed by atoms with Crippen molar-refractivity contribution >= 4 is 5.70 Å². The highest BCUT2D eigenvalue weighted by Crippen LogP contribution is 2.29. The maximum absolute atomic E-state index is 3.57. The first-order valence-electron chi connectivity index (χ1n) is 8.02. The highest BCUT2D eigenvalue weighted by Gasteiger charge is 2.17. The molecule has 0 spiro atoms. The molecule has 0 aromatic heterocycles. The Labute approximate surface area is 134 Å². The molecule has 0 saturated heterocycles. The summed E-state index contributed by atoms with van der Waals surface area (Å²) in [5, 5.41) is 2.23. The van der Waals surface area contributed by atoms with Crippen molar-refractivity contribution in [3.63, 3.8) is 0 Å². The van der Waals surface area contributed by atoms with Gasteiger partial charge in [-0.3, -0.25) is 0 Å². The Balaban J connectivity index is 2.43. The summed E-state index contributed by atoms with van der Waals surface area (Å²) in [6, 6.07) is 10.6. The molecule has 0 amide bonds. The van der Waals surface area contributed by atoms with Crippen molar-refractivity contribution in [3.05, 3.63) is 65.4 Å². The quantitative estimate of drug-likeness (QED) is 0.809. The predicted molar refractivity (Wildman–Crippen MR) is 94.9 cm³/mol. The lowest BCUT2D eigenvalue weighted by Gasteiger charge is -2.29. The maximum Gasteiger partial charge on any atom is 0.0546 e. The van der Waals surface area contributed by atoms with Crippen LogP contribution in [0.1, 0.15) is 25.8 Å². The molecule has 1 aromatic rings. The van der Waals surface area contributed by atoms with E-state index in [2.05, 4.69) is 91.8 Å². The molecule has 1 aliphatic carbocycles. The molecule has 0 atom stereocenters. The first-order chi connectivity index (χ1) is 10.7. The molecular formula is C19H27N3. The van der Waals surface area contributed by atoms with Crippen molar-refractivity contribution < 1.29 is 0 Å². The fourth-order valence-electron chi connectivity index (χ4n) is 2.74. The SMILES string of the molecule is CCN(CC)NC1=CC=CCC1=C(c1ccccc1)N(C)C. The van der Waals surface area contributed by atoms with Gasteiger partial charge in [-0.25, -0.2) is 5.01 Å². The third-order valence-electron chi connectivity index (χ3n) is 3.87. The van der Waals surface area contributed by atoms with Gasteiger partial charge in [0.15, 0.2) is 0 Å². The molecule has 22 heavy (non-hydrogen) atoms. The molecule has 0 fully saturated rings. The van der Waals surface area contributed by atoms with Crippen molar-refractivity contribution in [2.75, 3.05) is 27.2 Å². The Bertz CT molecular complexity index is 564. The van der Waals surface area contributed by atoms with E-state index in [1.54, 1.807) is 0 Å². The lowest BCUT2D eigenvalue weighted by Crippen LogP contribution is -2.38. The molecule has 0 unspecified atom stereocenters. The summed E-state index contributed by atoms with van der Waals surface area (Å²) in [5.41, 5.74) is 8.63. The summed E-state index contributed by atoms with van der Waals surface area (Å²) in [7, 11) is 4.23. The second-order valence-corrected chi connectivity index (χ2v) is 5.58. The van der Waals surface area contributed by atoms with Gasteiger partial charge in [-0.05, 0) is 18.1 Å². The first kappa shape index (κ1) is 16.4. The van der Waals surface area contributed by atoms with Gasteiger partial charge in [-0.15, -0.1) is 0 Å². The molecule has 0 heterocycles. The van der Waals surface area contributed by atoms with Crippen LogP contribution < -0.4 is 5.43 Å². The molecule has 2 rings (SSSR count). The van der Waals surface area contributed by atoms with Crippen molar-refractivity contribution in [2.45, 2.75) is 20.3 Å². The third kappa shape index (κ3) is 3.80. The smallest absolute Gasteiger partial charge is 0.0546 e. The summed E-state index contributed by atoms with van der Waals surface area (Å²) in [4.78, 5) is 2.21.